The molecule has 110 valence electrons. The second-order valence-electron chi connectivity index (χ2n) is 4.84. The Morgan fingerprint density at radius 2 is 1.70 bits per heavy atom. The van der Waals surface area contributed by atoms with Crippen LogP contribution in [0.1, 0.15) is 13.8 Å². The zero-order valence-corrected chi connectivity index (χ0v) is 13.4. The molecule has 20 heavy (non-hydrogen) atoms. The number of amides is 2. The monoisotopic (exact) mass is 336 g/mol. The second kappa shape index (κ2) is 6.39. The molecular weight excluding hydrogens is 323 g/mol. The van der Waals surface area contributed by atoms with Crippen molar-refractivity contribution in [1.29, 1.82) is 0 Å². The van der Waals surface area contributed by atoms with E-state index in [0.29, 0.717) is 33.8 Å². The van der Waals surface area contributed by atoms with Gasteiger partial charge in [0.05, 0.1) is 33.0 Å². The molecule has 0 saturated carbocycles. The van der Waals surface area contributed by atoms with Crippen molar-refractivity contribution in [2.24, 2.45) is 0 Å². The Balaban J connectivity index is 2.10. The molecule has 0 bridgehead atoms. The Kier molecular flexibility index (Phi) is 5.02. The van der Waals surface area contributed by atoms with Gasteiger partial charge in [-0.05, 0) is 26.0 Å². The third kappa shape index (κ3) is 3.70. The smallest absolute Gasteiger partial charge is 0.322 e. The first-order chi connectivity index (χ1) is 9.36. The Morgan fingerprint density at radius 3 is 2.30 bits per heavy atom. The fourth-order valence-corrected chi connectivity index (χ4v) is 2.75. The number of halogens is 3. The zero-order chi connectivity index (χ0) is 14.9. The van der Waals surface area contributed by atoms with Crippen molar-refractivity contribution < 1.29 is 9.53 Å². The van der Waals surface area contributed by atoms with E-state index < -0.39 is 0 Å². The maximum Gasteiger partial charge on any atom is 0.322 e. The van der Waals surface area contributed by atoms with Crippen LogP contribution < -0.4 is 5.32 Å². The highest BCUT2D eigenvalue weighted by Crippen LogP contribution is 2.32. The fourth-order valence-electron chi connectivity index (χ4n) is 2.16. The van der Waals surface area contributed by atoms with Gasteiger partial charge in [-0.3, -0.25) is 0 Å². The van der Waals surface area contributed by atoms with E-state index in [1.54, 1.807) is 4.90 Å². The van der Waals surface area contributed by atoms with Crippen LogP contribution in [0.15, 0.2) is 12.1 Å². The number of carbonyl (C=O) groups excluding carboxylic acids is 1. The van der Waals surface area contributed by atoms with Crippen molar-refractivity contribution in [3.05, 3.63) is 27.2 Å². The lowest BCUT2D eigenvalue weighted by Gasteiger charge is -2.35. The summed E-state index contributed by atoms with van der Waals surface area (Å²) in [6, 6.07) is 2.82. The van der Waals surface area contributed by atoms with Gasteiger partial charge in [0.2, 0.25) is 0 Å². The van der Waals surface area contributed by atoms with E-state index in [-0.39, 0.29) is 18.2 Å². The molecule has 2 amide bonds. The Hall–Kier alpha value is -0.680. The van der Waals surface area contributed by atoms with Crippen molar-refractivity contribution in [3.63, 3.8) is 0 Å². The van der Waals surface area contributed by atoms with Crippen molar-refractivity contribution >= 4 is 46.5 Å². The van der Waals surface area contributed by atoms with E-state index in [4.69, 9.17) is 39.5 Å². The van der Waals surface area contributed by atoms with Crippen LogP contribution in [0.25, 0.3) is 0 Å². The normalized spacial score (nSPS) is 22.8. The van der Waals surface area contributed by atoms with Crippen LogP contribution in [-0.4, -0.2) is 36.2 Å². The van der Waals surface area contributed by atoms with Gasteiger partial charge in [-0.2, -0.15) is 0 Å². The lowest BCUT2D eigenvalue weighted by molar-refractivity contribution is -0.0530. The van der Waals surface area contributed by atoms with Crippen LogP contribution >= 0.6 is 34.8 Å². The van der Waals surface area contributed by atoms with Crippen LogP contribution in [0.3, 0.4) is 0 Å². The van der Waals surface area contributed by atoms with Gasteiger partial charge >= 0.3 is 6.03 Å². The Labute approximate surface area is 132 Å². The Bertz CT molecular complexity index is 515. The summed E-state index contributed by atoms with van der Waals surface area (Å²) in [5, 5.41) is 3.79. The average Bonchev–Trinajstić information content (AvgIpc) is 2.34. The summed E-state index contributed by atoms with van der Waals surface area (Å²) in [7, 11) is 0. The van der Waals surface area contributed by atoms with Crippen molar-refractivity contribution in [2.45, 2.75) is 26.1 Å². The van der Waals surface area contributed by atoms with Gasteiger partial charge in [0.1, 0.15) is 0 Å². The zero-order valence-electron chi connectivity index (χ0n) is 11.1. The number of nitrogens with one attached hydrogen (secondary N) is 1. The van der Waals surface area contributed by atoms with E-state index in [9.17, 15) is 4.79 Å². The molecule has 7 heteroatoms. The summed E-state index contributed by atoms with van der Waals surface area (Å²) in [5.74, 6) is 0. The summed E-state index contributed by atoms with van der Waals surface area (Å²) in [5.41, 5.74) is 0.442. The number of nitrogens with zero attached hydrogens (tertiary/aromatic N) is 1. The van der Waals surface area contributed by atoms with Crippen LogP contribution in [0, 0.1) is 0 Å². The third-order valence-corrected chi connectivity index (χ3v) is 3.99. The molecule has 4 nitrogen and oxygen atoms in total. The first-order valence-electron chi connectivity index (χ1n) is 6.22. The van der Waals surface area contributed by atoms with Crippen LogP contribution in [0.5, 0.6) is 0 Å². The predicted molar refractivity (Wildman–Crippen MR) is 82.1 cm³/mol. The molecule has 0 aliphatic carbocycles. The summed E-state index contributed by atoms with van der Waals surface area (Å²) < 4.78 is 5.59. The van der Waals surface area contributed by atoms with Gasteiger partial charge in [0.25, 0.3) is 0 Å². The van der Waals surface area contributed by atoms with Gasteiger partial charge in [0.15, 0.2) is 0 Å². The largest absolute Gasteiger partial charge is 0.372 e. The number of urea groups is 1. The highest BCUT2D eigenvalue weighted by molar-refractivity contribution is 6.44. The maximum absolute atomic E-state index is 12.2. The number of morpholine rings is 1. The van der Waals surface area contributed by atoms with Gasteiger partial charge in [-0.25, -0.2) is 4.79 Å². The summed E-state index contributed by atoms with van der Waals surface area (Å²) in [6.45, 7) is 4.94. The quantitative estimate of drug-likeness (QED) is 0.777. The standard InChI is InChI=1S/C13H15Cl3N2O2/c1-7-5-18(6-8(2)20-7)13(19)17-12-4-10(15)9(14)3-11(12)16/h3-4,7-8H,5-6H2,1-2H3,(H,17,19). The van der Waals surface area contributed by atoms with E-state index in [1.807, 2.05) is 13.8 Å². The van der Waals surface area contributed by atoms with Crippen LogP contribution in [0.4, 0.5) is 10.5 Å². The Morgan fingerprint density at radius 1 is 1.15 bits per heavy atom. The minimum absolute atomic E-state index is 0.00813. The van der Waals surface area contributed by atoms with Gasteiger partial charge in [0, 0.05) is 13.1 Å². The number of anilines is 1. The van der Waals surface area contributed by atoms with E-state index >= 15 is 0 Å². The molecule has 1 heterocycles. The molecule has 0 radical (unpaired) electrons. The van der Waals surface area contributed by atoms with Gasteiger partial charge in [-0.15, -0.1) is 0 Å². The second-order valence-corrected chi connectivity index (χ2v) is 6.06. The third-order valence-electron chi connectivity index (χ3n) is 2.96. The molecule has 1 fully saturated rings. The van der Waals surface area contributed by atoms with Crippen molar-refractivity contribution in [3.8, 4) is 0 Å². The van der Waals surface area contributed by atoms with Crippen LogP contribution in [-0.2, 0) is 4.74 Å². The molecule has 2 atom stereocenters. The van der Waals surface area contributed by atoms with Crippen LogP contribution in [0.2, 0.25) is 15.1 Å². The molecule has 1 aliphatic rings. The fraction of sp³-hybridized carbons (Fsp3) is 0.462. The molecule has 2 rings (SSSR count). The lowest BCUT2D eigenvalue weighted by atomic mass is 10.2. The highest BCUT2D eigenvalue weighted by atomic mass is 35.5. The van der Waals surface area contributed by atoms with Crippen molar-refractivity contribution in [2.75, 3.05) is 18.4 Å². The molecular formula is C13H15Cl3N2O2. The number of hydrogen-bond acceptors (Lipinski definition) is 2. The average molecular weight is 338 g/mol. The molecule has 1 N–H and O–H groups in total. The number of benzene rings is 1. The topological polar surface area (TPSA) is 41.6 Å². The maximum atomic E-state index is 12.2. The van der Waals surface area contributed by atoms with Crippen molar-refractivity contribution in [1.82, 2.24) is 4.90 Å². The summed E-state index contributed by atoms with van der Waals surface area (Å²) >= 11 is 17.8. The van der Waals surface area contributed by atoms with E-state index in [1.165, 1.54) is 12.1 Å². The number of hydrogen-bond donors (Lipinski definition) is 1. The molecule has 1 aromatic rings. The molecule has 0 spiro atoms. The number of ether oxygens (including phenoxy) is 1. The number of rotatable bonds is 1. The van der Waals surface area contributed by atoms with Gasteiger partial charge < -0.3 is 15.0 Å². The number of carbonyl (C=O) groups is 1. The van der Waals surface area contributed by atoms with E-state index in [2.05, 4.69) is 5.32 Å². The highest BCUT2D eigenvalue weighted by Gasteiger charge is 2.26. The van der Waals surface area contributed by atoms with Gasteiger partial charge in [-0.1, -0.05) is 34.8 Å². The minimum Gasteiger partial charge on any atom is -0.372 e. The molecule has 2 unspecified atom stereocenters. The predicted octanol–water partition coefficient (Wildman–Crippen LogP) is 4.29. The molecule has 1 aliphatic heterocycles. The summed E-state index contributed by atoms with van der Waals surface area (Å²) in [4.78, 5) is 13.9. The first-order valence-corrected chi connectivity index (χ1v) is 7.36. The SMILES string of the molecule is CC1CN(C(=O)Nc2cc(Cl)c(Cl)cc2Cl)CC(C)O1. The lowest BCUT2D eigenvalue weighted by Crippen LogP contribution is -2.49. The summed E-state index contributed by atoms with van der Waals surface area (Å²) in [6.07, 6.45) is 0.0163. The minimum atomic E-state index is -0.229. The molecule has 1 aromatic carbocycles. The molecule has 1 saturated heterocycles. The first kappa shape index (κ1) is 15.7. The van der Waals surface area contributed by atoms with E-state index in [0.717, 1.165) is 0 Å². The molecule has 0 aromatic heterocycles.